The van der Waals surface area contributed by atoms with Crippen LogP contribution in [0, 0.1) is 0 Å². The van der Waals surface area contributed by atoms with E-state index >= 15 is 0 Å². The molecule has 0 aliphatic carbocycles. The second-order valence-corrected chi connectivity index (χ2v) is 7.54. The minimum absolute atomic E-state index is 0.0196. The number of nitrogens with one attached hydrogen (secondary N) is 1. The molecule has 1 aromatic carbocycles. The number of benzene rings is 1. The molecule has 170 valence electrons. The lowest BCUT2D eigenvalue weighted by Crippen LogP contribution is -2.41. The molecule has 1 amide bonds. The van der Waals surface area contributed by atoms with Gasteiger partial charge in [-0.3, -0.25) is 19.1 Å². The molecule has 2 aromatic rings. The first-order valence-electron chi connectivity index (χ1n) is 11.1. The zero-order valence-corrected chi connectivity index (χ0v) is 18.8. The predicted molar refractivity (Wildman–Crippen MR) is 124 cm³/mol. The summed E-state index contributed by atoms with van der Waals surface area (Å²) < 4.78 is 6.99. The van der Waals surface area contributed by atoms with Crippen molar-refractivity contribution < 1.29 is 9.53 Å². The van der Waals surface area contributed by atoms with Crippen LogP contribution in [0.4, 0.5) is 11.5 Å². The Morgan fingerprint density at radius 3 is 2.29 bits per heavy atom. The Balaban J connectivity index is 2.40. The van der Waals surface area contributed by atoms with E-state index < -0.39 is 11.2 Å². The summed E-state index contributed by atoms with van der Waals surface area (Å²) in [5, 5.41) is 0. The Bertz CT molecular complexity index is 963. The highest BCUT2D eigenvalue weighted by Gasteiger charge is 2.25. The molecule has 8 heteroatoms. The molecule has 0 fully saturated rings. The second-order valence-electron chi connectivity index (χ2n) is 7.54. The van der Waals surface area contributed by atoms with Crippen molar-refractivity contribution in [2.75, 3.05) is 23.8 Å². The number of nitrogen functional groups attached to an aromatic ring is 1. The molecule has 8 nitrogen and oxygen atoms in total. The summed E-state index contributed by atoms with van der Waals surface area (Å²) in [7, 11) is 0. The molecule has 0 radical (unpaired) electrons. The van der Waals surface area contributed by atoms with Gasteiger partial charge in [-0.2, -0.15) is 0 Å². The molecule has 0 aliphatic rings. The minimum atomic E-state index is -0.653. The minimum Gasteiger partial charge on any atom is -0.494 e. The van der Waals surface area contributed by atoms with Gasteiger partial charge in [0.25, 0.3) is 11.5 Å². The van der Waals surface area contributed by atoms with Crippen LogP contribution in [-0.2, 0) is 6.54 Å². The SMILES string of the molecule is CCCCOc1ccc(C(=O)N(CCCC)c2c(N)n(CCCC)c(=O)[nH]c2=O)cc1. The number of H-pyrrole nitrogens is 1. The first kappa shape index (κ1) is 24.2. The Labute approximate surface area is 183 Å². The van der Waals surface area contributed by atoms with Crippen molar-refractivity contribution in [1.29, 1.82) is 0 Å². The third-order valence-corrected chi connectivity index (χ3v) is 5.07. The second kappa shape index (κ2) is 12.0. The number of hydrogen-bond donors (Lipinski definition) is 2. The van der Waals surface area contributed by atoms with Crippen LogP contribution >= 0.6 is 0 Å². The number of carbonyl (C=O) groups excluding carboxylic acids is 1. The highest BCUT2D eigenvalue weighted by atomic mass is 16.5. The fourth-order valence-corrected chi connectivity index (χ4v) is 3.19. The average molecular weight is 431 g/mol. The van der Waals surface area contributed by atoms with E-state index in [0.717, 1.165) is 32.1 Å². The summed E-state index contributed by atoms with van der Waals surface area (Å²) in [6, 6.07) is 6.85. The quantitative estimate of drug-likeness (QED) is 0.500. The molecule has 3 N–H and O–H groups in total. The molecule has 1 aromatic heterocycles. The Kier molecular flexibility index (Phi) is 9.37. The van der Waals surface area contributed by atoms with Gasteiger partial charge in [0.05, 0.1) is 6.61 Å². The Morgan fingerprint density at radius 2 is 1.68 bits per heavy atom. The van der Waals surface area contributed by atoms with E-state index in [2.05, 4.69) is 11.9 Å². The molecule has 0 unspecified atom stereocenters. The summed E-state index contributed by atoms with van der Waals surface area (Å²) in [6.07, 6.45) is 5.13. The summed E-state index contributed by atoms with van der Waals surface area (Å²) in [5.74, 6) is 0.369. The number of unbranched alkanes of at least 4 members (excludes halogenated alkanes) is 3. The Hall–Kier alpha value is -3.03. The monoisotopic (exact) mass is 430 g/mol. The zero-order chi connectivity index (χ0) is 22.8. The average Bonchev–Trinajstić information content (AvgIpc) is 2.76. The number of rotatable bonds is 12. The number of nitrogens with zero attached hydrogens (tertiary/aromatic N) is 2. The van der Waals surface area contributed by atoms with Crippen molar-refractivity contribution in [3.63, 3.8) is 0 Å². The fraction of sp³-hybridized carbons (Fsp3) is 0.522. The van der Waals surface area contributed by atoms with Crippen LogP contribution < -0.4 is 26.6 Å². The molecule has 0 saturated carbocycles. The van der Waals surface area contributed by atoms with Crippen LogP contribution in [0.15, 0.2) is 33.9 Å². The van der Waals surface area contributed by atoms with Crippen LogP contribution in [0.5, 0.6) is 5.75 Å². The highest BCUT2D eigenvalue weighted by molar-refractivity contribution is 6.07. The lowest BCUT2D eigenvalue weighted by molar-refractivity contribution is 0.0986. The van der Waals surface area contributed by atoms with Gasteiger partial charge in [-0.25, -0.2) is 4.79 Å². The van der Waals surface area contributed by atoms with E-state index in [0.29, 0.717) is 37.4 Å². The summed E-state index contributed by atoms with van der Waals surface area (Å²) in [4.78, 5) is 41.9. The van der Waals surface area contributed by atoms with Crippen molar-refractivity contribution in [2.24, 2.45) is 0 Å². The molecule has 0 spiro atoms. The predicted octanol–water partition coefficient (Wildman–Crippen LogP) is 3.54. The summed E-state index contributed by atoms with van der Waals surface area (Å²) in [5.41, 5.74) is 5.47. The van der Waals surface area contributed by atoms with Crippen molar-refractivity contribution in [3.8, 4) is 5.75 Å². The third kappa shape index (κ3) is 6.23. The summed E-state index contributed by atoms with van der Waals surface area (Å²) in [6.45, 7) is 7.42. The van der Waals surface area contributed by atoms with Gasteiger partial charge < -0.3 is 15.4 Å². The number of aromatic nitrogens is 2. The van der Waals surface area contributed by atoms with Gasteiger partial charge in [-0.05, 0) is 43.5 Å². The van der Waals surface area contributed by atoms with Crippen molar-refractivity contribution in [3.05, 3.63) is 50.7 Å². The van der Waals surface area contributed by atoms with Crippen molar-refractivity contribution in [2.45, 2.75) is 65.8 Å². The molecule has 31 heavy (non-hydrogen) atoms. The van der Waals surface area contributed by atoms with E-state index in [-0.39, 0.29) is 17.4 Å². The van der Waals surface area contributed by atoms with Gasteiger partial charge >= 0.3 is 5.69 Å². The first-order valence-corrected chi connectivity index (χ1v) is 11.1. The van der Waals surface area contributed by atoms with Gasteiger partial charge in [0, 0.05) is 18.7 Å². The van der Waals surface area contributed by atoms with Gasteiger partial charge in [0.2, 0.25) is 0 Å². The standard InChI is InChI=1S/C23H34N4O4/c1-4-7-14-26(19-20(24)27(15-8-5-2)23(30)25-21(19)28)22(29)17-10-12-18(13-11-17)31-16-9-6-3/h10-13H,4-9,14-16,24H2,1-3H3,(H,25,28,30). The normalized spacial score (nSPS) is 10.8. The van der Waals surface area contributed by atoms with Crippen molar-refractivity contribution >= 4 is 17.4 Å². The molecule has 0 atom stereocenters. The fourth-order valence-electron chi connectivity index (χ4n) is 3.19. The number of ether oxygens (including phenoxy) is 1. The van der Waals surface area contributed by atoms with Gasteiger partial charge in [-0.1, -0.05) is 40.0 Å². The highest BCUT2D eigenvalue weighted by Crippen LogP contribution is 2.22. The van der Waals surface area contributed by atoms with Crippen LogP contribution in [-0.4, -0.2) is 28.6 Å². The van der Waals surface area contributed by atoms with E-state index in [9.17, 15) is 14.4 Å². The number of carbonyl (C=O) groups is 1. The molecule has 0 aliphatic heterocycles. The van der Waals surface area contributed by atoms with Crippen LogP contribution in [0.3, 0.4) is 0 Å². The number of nitrogens with two attached hydrogens (primary N) is 1. The maximum atomic E-state index is 13.3. The lowest BCUT2D eigenvalue weighted by atomic mass is 10.1. The van der Waals surface area contributed by atoms with E-state index in [1.807, 2.05) is 13.8 Å². The van der Waals surface area contributed by atoms with Crippen molar-refractivity contribution in [1.82, 2.24) is 9.55 Å². The number of aromatic amines is 1. The molecular formula is C23H34N4O4. The molecule has 0 bridgehead atoms. The lowest BCUT2D eigenvalue weighted by Gasteiger charge is -2.24. The van der Waals surface area contributed by atoms with Crippen LogP contribution in [0.25, 0.3) is 0 Å². The van der Waals surface area contributed by atoms with Crippen LogP contribution in [0.2, 0.25) is 0 Å². The van der Waals surface area contributed by atoms with E-state index in [4.69, 9.17) is 10.5 Å². The maximum absolute atomic E-state index is 13.3. The number of hydrogen-bond acceptors (Lipinski definition) is 5. The largest absolute Gasteiger partial charge is 0.494 e. The number of amides is 1. The zero-order valence-electron chi connectivity index (χ0n) is 18.8. The maximum Gasteiger partial charge on any atom is 0.330 e. The first-order chi connectivity index (χ1) is 14.9. The molecule has 2 rings (SSSR count). The van der Waals surface area contributed by atoms with Gasteiger partial charge in [0.15, 0.2) is 5.69 Å². The molecule has 0 saturated heterocycles. The van der Waals surface area contributed by atoms with E-state index in [1.165, 1.54) is 9.47 Å². The third-order valence-electron chi connectivity index (χ3n) is 5.07. The van der Waals surface area contributed by atoms with Crippen LogP contribution in [0.1, 0.15) is 69.7 Å². The molecule has 1 heterocycles. The number of anilines is 2. The summed E-state index contributed by atoms with van der Waals surface area (Å²) >= 11 is 0. The Morgan fingerprint density at radius 1 is 1.03 bits per heavy atom. The van der Waals surface area contributed by atoms with E-state index in [1.54, 1.807) is 24.3 Å². The van der Waals surface area contributed by atoms with Gasteiger partial charge in [-0.15, -0.1) is 0 Å². The molecular weight excluding hydrogens is 396 g/mol. The topological polar surface area (TPSA) is 110 Å². The smallest absolute Gasteiger partial charge is 0.330 e. The van der Waals surface area contributed by atoms with Gasteiger partial charge in [0.1, 0.15) is 11.6 Å².